The second-order valence-corrected chi connectivity index (χ2v) is 9.17. The summed E-state index contributed by atoms with van der Waals surface area (Å²) in [5.41, 5.74) is 5.29. The monoisotopic (exact) mass is 443 g/mol. The van der Waals surface area contributed by atoms with Gasteiger partial charge in [0.15, 0.2) is 0 Å². The zero-order valence-electron chi connectivity index (χ0n) is 17.6. The first-order valence-corrected chi connectivity index (χ1v) is 10.7. The van der Waals surface area contributed by atoms with Crippen LogP contribution >= 0.6 is 11.3 Å². The molecule has 0 saturated heterocycles. The Hall–Kier alpha value is -4.76. The smallest absolute Gasteiger partial charge is 0.351 e. The Kier molecular flexibility index (Phi) is 4.36. The topological polar surface area (TPSA) is 96.8 Å². The van der Waals surface area contributed by atoms with Gasteiger partial charge in [-0.3, -0.25) is 0 Å². The summed E-state index contributed by atoms with van der Waals surface area (Å²) >= 11 is 1.45. The molecule has 4 aromatic rings. The van der Waals surface area contributed by atoms with Gasteiger partial charge in [-0.05, 0) is 51.9 Å². The van der Waals surface area contributed by atoms with E-state index in [1.54, 1.807) is 6.07 Å². The van der Waals surface area contributed by atoms with Crippen LogP contribution in [0.4, 0.5) is 10.8 Å². The van der Waals surface area contributed by atoms with Crippen LogP contribution in [0.15, 0.2) is 46.4 Å². The third-order valence-electron chi connectivity index (χ3n) is 5.88. The standard InChI is InChI=1S/C25H13N7S/c1-25(2)17-5-13-7-21(31-22(11-26)28-3)30-19(13)9-15(17)16-10-20-14(6-18(16)25)8-24(33-20)32-23(12-27)29-4/h5-10,30H,1-2H3. The number of fused-ring (bicyclic) bond motifs is 5. The summed E-state index contributed by atoms with van der Waals surface area (Å²) in [6, 6.07) is 15.9. The van der Waals surface area contributed by atoms with E-state index in [9.17, 15) is 0 Å². The molecule has 0 amide bonds. The first-order valence-electron chi connectivity index (χ1n) is 9.86. The van der Waals surface area contributed by atoms with Gasteiger partial charge in [-0.2, -0.15) is 0 Å². The second kappa shape index (κ2) is 7.14. The first-order chi connectivity index (χ1) is 15.9. The predicted molar refractivity (Wildman–Crippen MR) is 130 cm³/mol. The van der Waals surface area contributed by atoms with E-state index in [1.807, 2.05) is 18.2 Å². The molecular formula is C25H13N7S. The number of amidine groups is 2. The van der Waals surface area contributed by atoms with Gasteiger partial charge < -0.3 is 14.7 Å². The number of aliphatic imine (C=N–C) groups is 2. The van der Waals surface area contributed by atoms with E-state index >= 15 is 0 Å². The van der Waals surface area contributed by atoms with E-state index in [1.165, 1.54) is 22.5 Å². The zero-order chi connectivity index (χ0) is 23.3. The number of nitrogens with zero attached hydrogens (tertiary/aromatic N) is 6. The Morgan fingerprint density at radius 2 is 1.55 bits per heavy atom. The van der Waals surface area contributed by atoms with E-state index in [0.717, 1.165) is 32.1 Å². The third kappa shape index (κ3) is 3.07. The molecule has 2 aromatic carbocycles. The predicted octanol–water partition coefficient (Wildman–Crippen LogP) is 6.63. The average molecular weight is 443 g/mol. The van der Waals surface area contributed by atoms with Crippen molar-refractivity contribution in [3.05, 3.63) is 70.4 Å². The lowest BCUT2D eigenvalue weighted by Gasteiger charge is -2.21. The van der Waals surface area contributed by atoms with Crippen LogP contribution in [0, 0.1) is 35.8 Å². The summed E-state index contributed by atoms with van der Waals surface area (Å²) in [5, 5.41) is 20.6. The van der Waals surface area contributed by atoms with Crippen molar-refractivity contribution in [2.45, 2.75) is 19.3 Å². The number of rotatable bonds is 2. The van der Waals surface area contributed by atoms with Gasteiger partial charge in [-0.25, -0.2) is 10.5 Å². The van der Waals surface area contributed by atoms with Crippen molar-refractivity contribution in [3.8, 4) is 23.3 Å². The summed E-state index contributed by atoms with van der Waals surface area (Å²) in [6.07, 6.45) is 0. The molecule has 8 heteroatoms. The minimum absolute atomic E-state index is 0.176. The number of nitriles is 2. The van der Waals surface area contributed by atoms with Crippen molar-refractivity contribution < 1.29 is 0 Å². The Morgan fingerprint density at radius 1 is 0.909 bits per heavy atom. The molecule has 0 aliphatic heterocycles. The number of benzene rings is 2. The van der Waals surface area contributed by atoms with E-state index in [-0.39, 0.29) is 17.1 Å². The number of aromatic nitrogens is 1. The molecule has 33 heavy (non-hydrogen) atoms. The fraction of sp³-hybridized carbons (Fsp3) is 0.120. The second-order valence-electron chi connectivity index (χ2n) is 8.10. The third-order valence-corrected chi connectivity index (χ3v) is 6.87. The lowest BCUT2D eigenvalue weighted by atomic mass is 9.82. The lowest BCUT2D eigenvalue weighted by Crippen LogP contribution is -2.14. The molecule has 1 N–H and O–H groups in total. The Balaban J connectivity index is 1.69. The maximum Gasteiger partial charge on any atom is 0.351 e. The molecule has 0 unspecified atom stereocenters. The number of nitrogens with one attached hydrogen (secondary N) is 1. The van der Waals surface area contributed by atoms with Crippen LogP contribution in [0.1, 0.15) is 25.0 Å². The van der Waals surface area contributed by atoms with E-state index in [2.05, 4.69) is 62.8 Å². The average Bonchev–Trinajstić information content (AvgIpc) is 3.45. The number of hydrogen-bond donors (Lipinski definition) is 1. The molecule has 2 aromatic heterocycles. The highest BCUT2D eigenvalue weighted by atomic mass is 32.1. The summed E-state index contributed by atoms with van der Waals surface area (Å²) in [4.78, 5) is 17.7. The maximum atomic E-state index is 9.01. The first kappa shape index (κ1) is 20.2. The van der Waals surface area contributed by atoms with Gasteiger partial charge in [0.05, 0.1) is 0 Å². The number of thiophene rings is 1. The Morgan fingerprint density at radius 3 is 2.21 bits per heavy atom. The highest BCUT2D eigenvalue weighted by Crippen LogP contribution is 2.52. The van der Waals surface area contributed by atoms with Crippen LogP contribution in [0.2, 0.25) is 0 Å². The van der Waals surface area contributed by atoms with E-state index in [4.69, 9.17) is 23.7 Å². The van der Waals surface area contributed by atoms with Crippen LogP contribution in [0.5, 0.6) is 0 Å². The van der Waals surface area contributed by atoms with Crippen LogP contribution < -0.4 is 0 Å². The molecular weight excluding hydrogens is 430 g/mol. The number of H-pyrrole nitrogens is 1. The largest absolute Gasteiger partial charge is 0.351 e. The van der Waals surface area contributed by atoms with Gasteiger partial charge >= 0.3 is 11.7 Å². The molecule has 154 valence electrons. The maximum absolute atomic E-state index is 9.01. The fourth-order valence-corrected chi connectivity index (χ4v) is 5.30. The van der Waals surface area contributed by atoms with Gasteiger partial charge in [-0.1, -0.05) is 48.3 Å². The zero-order valence-corrected chi connectivity index (χ0v) is 18.4. The fourth-order valence-electron chi connectivity index (χ4n) is 4.35. The van der Waals surface area contributed by atoms with Crippen LogP contribution in [-0.4, -0.2) is 16.7 Å². The van der Waals surface area contributed by atoms with Gasteiger partial charge in [0.2, 0.25) is 10.8 Å². The van der Waals surface area contributed by atoms with Gasteiger partial charge in [0, 0.05) is 33.2 Å². The van der Waals surface area contributed by atoms with Gasteiger partial charge in [0.25, 0.3) is 0 Å². The summed E-state index contributed by atoms with van der Waals surface area (Å²) in [5.74, 6) is 0.0878. The van der Waals surface area contributed by atoms with Gasteiger partial charge in [-0.15, -0.1) is 0 Å². The lowest BCUT2D eigenvalue weighted by molar-refractivity contribution is 0.662. The quantitative estimate of drug-likeness (QED) is 0.214. The highest BCUT2D eigenvalue weighted by Gasteiger charge is 2.36. The molecule has 5 rings (SSSR count). The minimum Gasteiger partial charge on any atom is -0.351 e. The van der Waals surface area contributed by atoms with E-state index < -0.39 is 0 Å². The molecule has 0 fully saturated rings. The minimum atomic E-state index is -0.234. The van der Waals surface area contributed by atoms with Gasteiger partial charge in [0.1, 0.15) is 12.1 Å². The summed E-state index contributed by atoms with van der Waals surface area (Å²) in [7, 11) is 0. The van der Waals surface area contributed by atoms with Crippen molar-refractivity contribution in [1.82, 2.24) is 4.98 Å². The summed E-state index contributed by atoms with van der Waals surface area (Å²) < 4.78 is 1.03. The molecule has 0 saturated carbocycles. The SMILES string of the molecule is [C-]#[N+]C(C#N)=Nc1cc2cc3c(cc2[nH]1)-c1cc2sc(N=C(C#N)[N+]#[C-])cc2cc1C3(C)C. The molecule has 0 atom stereocenters. The van der Waals surface area contributed by atoms with Crippen LogP contribution in [0.3, 0.4) is 0 Å². The van der Waals surface area contributed by atoms with Crippen molar-refractivity contribution in [1.29, 1.82) is 10.5 Å². The number of hydrogen-bond acceptors (Lipinski definition) is 5. The molecule has 0 radical (unpaired) electrons. The number of aromatic amines is 1. The van der Waals surface area contributed by atoms with Crippen LogP contribution in [-0.2, 0) is 5.41 Å². The van der Waals surface area contributed by atoms with E-state index in [0.29, 0.717) is 10.8 Å². The molecule has 1 aliphatic rings. The Labute approximate surface area is 193 Å². The molecule has 1 aliphatic carbocycles. The normalized spacial score (nSPS) is 14.2. The van der Waals surface area contributed by atoms with Crippen molar-refractivity contribution in [2.24, 2.45) is 9.98 Å². The summed E-state index contributed by atoms with van der Waals surface area (Å²) in [6.45, 7) is 18.5. The molecule has 0 spiro atoms. The van der Waals surface area contributed by atoms with Crippen LogP contribution in [0.25, 0.3) is 41.8 Å². The Bertz CT molecular complexity index is 1570. The molecule has 7 nitrogen and oxygen atoms in total. The van der Waals surface area contributed by atoms with Crippen molar-refractivity contribution in [2.75, 3.05) is 0 Å². The highest BCUT2D eigenvalue weighted by molar-refractivity contribution is 7.22. The van der Waals surface area contributed by atoms with Crippen molar-refractivity contribution in [3.63, 3.8) is 0 Å². The molecule has 0 bridgehead atoms. The van der Waals surface area contributed by atoms with Crippen molar-refractivity contribution >= 4 is 54.8 Å². The molecule has 2 heterocycles.